The smallest absolute Gasteiger partial charge is 0.213 e. The van der Waals surface area contributed by atoms with Gasteiger partial charge >= 0.3 is 0 Å². The number of pyridine rings is 1. The molecule has 2 aromatic heterocycles. The summed E-state index contributed by atoms with van der Waals surface area (Å²) in [7, 11) is 5.88. The van der Waals surface area contributed by atoms with E-state index in [0.717, 1.165) is 23.6 Å². The number of ether oxygens (including phenoxy) is 1. The number of hydrogen-bond donors (Lipinski definition) is 1. The minimum atomic E-state index is 0.506. The zero-order chi connectivity index (χ0) is 19.8. The molecule has 0 amide bonds. The van der Waals surface area contributed by atoms with Gasteiger partial charge in [-0.1, -0.05) is 30.3 Å². The monoisotopic (exact) mass is 377 g/mol. The maximum absolute atomic E-state index is 5.81. The van der Waals surface area contributed by atoms with Crippen LogP contribution in [0.15, 0.2) is 72.0 Å². The molecular weight excluding hydrogens is 350 g/mol. The SMILES string of the molecule is CN=C(NCc1ccnc(OCc2ccccc2)c1)N(C)Cc1cccn1C. The first-order valence-corrected chi connectivity index (χ1v) is 9.29. The minimum absolute atomic E-state index is 0.506. The van der Waals surface area contributed by atoms with Crippen LogP contribution in [-0.2, 0) is 26.7 Å². The van der Waals surface area contributed by atoms with Gasteiger partial charge in [0.1, 0.15) is 6.61 Å². The summed E-state index contributed by atoms with van der Waals surface area (Å²) < 4.78 is 7.93. The number of benzene rings is 1. The van der Waals surface area contributed by atoms with Gasteiger partial charge in [0.2, 0.25) is 5.88 Å². The summed E-state index contributed by atoms with van der Waals surface area (Å²) in [6.45, 7) is 1.94. The van der Waals surface area contributed by atoms with E-state index in [1.165, 1.54) is 5.69 Å². The van der Waals surface area contributed by atoms with Crippen molar-refractivity contribution in [2.75, 3.05) is 14.1 Å². The zero-order valence-corrected chi connectivity index (χ0v) is 16.7. The molecule has 0 aliphatic carbocycles. The van der Waals surface area contributed by atoms with Crippen LogP contribution in [-0.4, -0.2) is 34.5 Å². The van der Waals surface area contributed by atoms with Crippen LogP contribution in [0.4, 0.5) is 0 Å². The molecule has 1 aromatic carbocycles. The van der Waals surface area contributed by atoms with Gasteiger partial charge in [-0.05, 0) is 29.3 Å². The molecule has 0 unspecified atom stereocenters. The van der Waals surface area contributed by atoms with E-state index >= 15 is 0 Å². The summed E-state index contributed by atoms with van der Waals surface area (Å²) in [5.74, 6) is 1.46. The van der Waals surface area contributed by atoms with E-state index in [4.69, 9.17) is 4.74 Å². The van der Waals surface area contributed by atoms with Gasteiger partial charge < -0.3 is 19.5 Å². The van der Waals surface area contributed by atoms with Crippen molar-refractivity contribution in [1.82, 2.24) is 19.8 Å². The highest BCUT2D eigenvalue weighted by Crippen LogP contribution is 2.12. The van der Waals surface area contributed by atoms with E-state index in [0.29, 0.717) is 19.0 Å². The first-order chi connectivity index (χ1) is 13.7. The van der Waals surface area contributed by atoms with Crippen LogP contribution < -0.4 is 10.1 Å². The molecule has 0 radical (unpaired) electrons. The van der Waals surface area contributed by atoms with Crippen LogP contribution in [0.1, 0.15) is 16.8 Å². The molecule has 0 aliphatic rings. The lowest BCUT2D eigenvalue weighted by Crippen LogP contribution is -2.38. The molecule has 146 valence electrons. The topological polar surface area (TPSA) is 54.7 Å². The van der Waals surface area contributed by atoms with E-state index in [-0.39, 0.29) is 0 Å². The molecule has 0 saturated heterocycles. The lowest BCUT2D eigenvalue weighted by atomic mass is 10.2. The van der Waals surface area contributed by atoms with Crippen molar-refractivity contribution < 1.29 is 4.74 Å². The van der Waals surface area contributed by atoms with E-state index < -0.39 is 0 Å². The third-order valence-electron chi connectivity index (χ3n) is 4.50. The van der Waals surface area contributed by atoms with Crippen LogP contribution in [0.25, 0.3) is 0 Å². The number of aliphatic imine (C=N–C) groups is 1. The van der Waals surface area contributed by atoms with Gasteiger partial charge in [0.05, 0.1) is 6.54 Å². The zero-order valence-electron chi connectivity index (χ0n) is 16.7. The molecule has 3 rings (SSSR count). The Bertz CT molecular complexity index is 904. The summed E-state index contributed by atoms with van der Waals surface area (Å²) in [5.41, 5.74) is 3.44. The van der Waals surface area contributed by atoms with Crippen LogP contribution >= 0.6 is 0 Å². The minimum Gasteiger partial charge on any atom is -0.473 e. The average molecular weight is 377 g/mol. The first-order valence-electron chi connectivity index (χ1n) is 9.29. The average Bonchev–Trinajstić information content (AvgIpc) is 3.12. The number of nitrogens with zero attached hydrogens (tertiary/aromatic N) is 4. The van der Waals surface area contributed by atoms with Crippen molar-refractivity contribution in [2.45, 2.75) is 19.7 Å². The Balaban J connectivity index is 1.55. The van der Waals surface area contributed by atoms with Crippen molar-refractivity contribution in [2.24, 2.45) is 12.0 Å². The number of rotatable bonds is 7. The van der Waals surface area contributed by atoms with Gasteiger partial charge in [0, 0.05) is 51.8 Å². The van der Waals surface area contributed by atoms with Crippen LogP contribution in [0.5, 0.6) is 5.88 Å². The fourth-order valence-corrected chi connectivity index (χ4v) is 2.92. The highest BCUT2D eigenvalue weighted by atomic mass is 16.5. The summed E-state index contributed by atoms with van der Waals surface area (Å²) in [6.07, 6.45) is 3.82. The van der Waals surface area contributed by atoms with Crippen molar-refractivity contribution in [1.29, 1.82) is 0 Å². The number of hydrogen-bond acceptors (Lipinski definition) is 3. The molecule has 0 fully saturated rings. The normalized spacial score (nSPS) is 11.3. The summed E-state index contributed by atoms with van der Waals surface area (Å²) in [6, 6.07) is 18.2. The molecule has 1 N–H and O–H groups in total. The lowest BCUT2D eigenvalue weighted by molar-refractivity contribution is 0.293. The predicted molar refractivity (Wildman–Crippen MR) is 112 cm³/mol. The van der Waals surface area contributed by atoms with Crippen LogP contribution in [0.2, 0.25) is 0 Å². The molecule has 2 heterocycles. The fraction of sp³-hybridized carbons (Fsp3) is 0.273. The Hall–Kier alpha value is -3.28. The van der Waals surface area contributed by atoms with E-state index in [1.54, 1.807) is 13.2 Å². The number of aromatic nitrogens is 2. The fourth-order valence-electron chi connectivity index (χ4n) is 2.92. The summed E-state index contributed by atoms with van der Waals surface area (Å²) >= 11 is 0. The Morgan fingerprint density at radius 2 is 1.96 bits per heavy atom. The van der Waals surface area contributed by atoms with Crippen LogP contribution in [0, 0.1) is 0 Å². The number of nitrogens with one attached hydrogen (secondary N) is 1. The largest absolute Gasteiger partial charge is 0.473 e. The second kappa shape index (κ2) is 9.60. The molecule has 3 aromatic rings. The second-order valence-electron chi connectivity index (χ2n) is 6.64. The quantitative estimate of drug-likeness (QED) is 0.507. The van der Waals surface area contributed by atoms with Crippen molar-refractivity contribution in [3.63, 3.8) is 0 Å². The summed E-state index contributed by atoms with van der Waals surface area (Å²) in [4.78, 5) is 10.8. The second-order valence-corrected chi connectivity index (χ2v) is 6.64. The van der Waals surface area contributed by atoms with Gasteiger partial charge in [-0.15, -0.1) is 0 Å². The van der Waals surface area contributed by atoms with Crippen LogP contribution in [0.3, 0.4) is 0 Å². The maximum atomic E-state index is 5.81. The summed E-state index contributed by atoms with van der Waals surface area (Å²) in [5, 5.41) is 3.40. The standard InChI is InChI=1S/C22H27N5O/c1-23-22(27(3)16-20-10-7-13-26(20)2)25-15-19-11-12-24-21(14-19)28-17-18-8-5-4-6-9-18/h4-14H,15-17H2,1-3H3,(H,23,25). The van der Waals surface area contributed by atoms with E-state index in [2.05, 4.69) is 30.8 Å². The molecule has 6 heteroatoms. The lowest BCUT2D eigenvalue weighted by Gasteiger charge is -2.22. The van der Waals surface area contributed by atoms with Crippen molar-refractivity contribution >= 4 is 5.96 Å². The molecule has 0 saturated carbocycles. The third-order valence-corrected chi connectivity index (χ3v) is 4.50. The number of aryl methyl sites for hydroxylation is 1. The Kier molecular flexibility index (Phi) is 6.68. The van der Waals surface area contributed by atoms with E-state index in [9.17, 15) is 0 Å². The van der Waals surface area contributed by atoms with Gasteiger partial charge in [-0.2, -0.15) is 0 Å². The molecule has 6 nitrogen and oxygen atoms in total. The molecule has 28 heavy (non-hydrogen) atoms. The third kappa shape index (κ3) is 5.36. The Labute approximate surface area is 166 Å². The highest BCUT2D eigenvalue weighted by Gasteiger charge is 2.09. The molecular formula is C22H27N5O. The Morgan fingerprint density at radius 3 is 2.68 bits per heavy atom. The number of guanidine groups is 1. The van der Waals surface area contributed by atoms with Gasteiger partial charge in [-0.3, -0.25) is 4.99 Å². The van der Waals surface area contributed by atoms with Gasteiger partial charge in [0.15, 0.2) is 5.96 Å². The molecule has 0 atom stereocenters. The first kappa shape index (κ1) is 19.5. The van der Waals surface area contributed by atoms with Crippen molar-refractivity contribution in [3.05, 3.63) is 83.8 Å². The van der Waals surface area contributed by atoms with E-state index in [1.807, 2.05) is 68.8 Å². The predicted octanol–water partition coefficient (Wildman–Crippen LogP) is 3.21. The van der Waals surface area contributed by atoms with Gasteiger partial charge in [0.25, 0.3) is 0 Å². The molecule has 0 bridgehead atoms. The van der Waals surface area contributed by atoms with Crippen molar-refractivity contribution in [3.8, 4) is 5.88 Å². The van der Waals surface area contributed by atoms with Gasteiger partial charge in [-0.25, -0.2) is 4.98 Å². The maximum Gasteiger partial charge on any atom is 0.213 e. The Morgan fingerprint density at radius 1 is 1.14 bits per heavy atom. The molecule has 0 spiro atoms. The highest BCUT2D eigenvalue weighted by molar-refractivity contribution is 5.79. The molecule has 0 aliphatic heterocycles.